The average molecular weight is 304 g/mol. The van der Waals surface area contributed by atoms with Gasteiger partial charge in [-0.1, -0.05) is 0 Å². The van der Waals surface area contributed by atoms with Gasteiger partial charge >= 0.3 is 0 Å². The van der Waals surface area contributed by atoms with Crippen LogP contribution >= 0.6 is 11.6 Å². The highest BCUT2D eigenvalue weighted by atomic mass is 35.5. The summed E-state index contributed by atoms with van der Waals surface area (Å²) < 4.78 is 13.3. The Morgan fingerprint density at radius 2 is 2.10 bits per heavy atom. The van der Waals surface area contributed by atoms with E-state index in [1.807, 2.05) is 4.90 Å². The van der Waals surface area contributed by atoms with Gasteiger partial charge < -0.3 is 4.90 Å². The van der Waals surface area contributed by atoms with Gasteiger partial charge in [0.15, 0.2) is 5.69 Å². The number of pyridine rings is 1. The average Bonchev–Trinajstić information content (AvgIpc) is 2.93. The van der Waals surface area contributed by atoms with Crippen molar-refractivity contribution < 1.29 is 4.39 Å². The standard InChI is InChI=1S/C14H11ClFN5/c15-14-18-5-3-11(20-14)10-1-2-13(12(7-17)19-10)21-6-4-9(16)8-21/h1-3,5,9H,4,6,8H2. The van der Waals surface area contributed by atoms with Crippen LogP contribution in [0.25, 0.3) is 11.4 Å². The minimum absolute atomic E-state index is 0.122. The van der Waals surface area contributed by atoms with Gasteiger partial charge in [-0.3, -0.25) is 0 Å². The molecule has 106 valence electrons. The van der Waals surface area contributed by atoms with Gasteiger partial charge in [-0.15, -0.1) is 0 Å². The smallest absolute Gasteiger partial charge is 0.222 e. The summed E-state index contributed by atoms with van der Waals surface area (Å²) in [5.41, 5.74) is 2.00. The first-order chi connectivity index (χ1) is 10.2. The maximum Gasteiger partial charge on any atom is 0.222 e. The van der Waals surface area contributed by atoms with E-state index < -0.39 is 6.17 Å². The molecule has 2 aromatic rings. The monoisotopic (exact) mass is 303 g/mol. The molecular formula is C14H11ClFN5. The summed E-state index contributed by atoms with van der Waals surface area (Å²) in [5.74, 6) is 0. The third-order valence-electron chi connectivity index (χ3n) is 3.34. The van der Waals surface area contributed by atoms with Crippen LogP contribution in [-0.4, -0.2) is 34.2 Å². The predicted molar refractivity (Wildman–Crippen MR) is 76.7 cm³/mol. The highest BCUT2D eigenvalue weighted by Crippen LogP contribution is 2.27. The van der Waals surface area contributed by atoms with Gasteiger partial charge in [0.2, 0.25) is 5.28 Å². The number of hydrogen-bond acceptors (Lipinski definition) is 5. The number of rotatable bonds is 2. The summed E-state index contributed by atoms with van der Waals surface area (Å²) in [5, 5.41) is 9.40. The molecule has 0 saturated carbocycles. The van der Waals surface area contributed by atoms with Crippen molar-refractivity contribution in [2.45, 2.75) is 12.6 Å². The normalized spacial score (nSPS) is 17.8. The second-order valence-corrected chi connectivity index (χ2v) is 5.06. The van der Waals surface area contributed by atoms with Crippen LogP contribution in [0.2, 0.25) is 5.28 Å². The van der Waals surface area contributed by atoms with Gasteiger partial charge in [-0.2, -0.15) is 5.26 Å². The molecule has 1 aliphatic heterocycles. The molecule has 1 aliphatic rings. The fourth-order valence-electron chi connectivity index (χ4n) is 2.35. The lowest BCUT2D eigenvalue weighted by Gasteiger charge is -2.18. The van der Waals surface area contributed by atoms with Crippen LogP contribution in [-0.2, 0) is 0 Å². The van der Waals surface area contributed by atoms with Crippen molar-refractivity contribution in [3.05, 3.63) is 35.4 Å². The predicted octanol–water partition coefficient (Wildman–Crippen LogP) is 2.61. The molecule has 0 spiro atoms. The first kappa shape index (κ1) is 13.7. The highest BCUT2D eigenvalue weighted by molar-refractivity contribution is 6.28. The summed E-state index contributed by atoms with van der Waals surface area (Å²) in [6.07, 6.45) is 1.16. The maximum absolute atomic E-state index is 13.3. The Balaban J connectivity index is 1.98. The van der Waals surface area contributed by atoms with Gasteiger partial charge in [0.1, 0.15) is 12.2 Å². The molecule has 3 rings (SSSR count). The highest BCUT2D eigenvalue weighted by Gasteiger charge is 2.24. The van der Waals surface area contributed by atoms with E-state index >= 15 is 0 Å². The zero-order chi connectivity index (χ0) is 14.8. The van der Waals surface area contributed by atoms with Gasteiger partial charge in [0.25, 0.3) is 0 Å². The fraction of sp³-hybridized carbons (Fsp3) is 0.286. The minimum atomic E-state index is -0.850. The first-order valence-electron chi connectivity index (χ1n) is 6.46. The molecule has 21 heavy (non-hydrogen) atoms. The molecule has 1 atom stereocenters. The van der Waals surface area contributed by atoms with E-state index in [-0.39, 0.29) is 11.0 Å². The lowest BCUT2D eigenvalue weighted by molar-refractivity contribution is 0.364. The Morgan fingerprint density at radius 3 is 2.76 bits per heavy atom. The molecule has 0 N–H and O–H groups in total. The number of aromatic nitrogens is 3. The van der Waals surface area contributed by atoms with E-state index in [4.69, 9.17) is 11.6 Å². The number of nitrogens with zero attached hydrogens (tertiary/aromatic N) is 5. The molecule has 0 aromatic carbocycles. The van der Waals surface area contributed by atoms with Crippen LogP contribution in [0, 0.1) is 11.3 Å². The van der Waals surface area contributed by atoms with E-state index in [9.17, 15) is 9.65 Å². The molecule has 1 unspecified atom stereocenters. The zero-order valence-electron chi connectivity index (χ0n) is 11.0. The van der Waals surface area contributed by atoms with Crippen LogP contribution in [0.4, 0.5) is 10.1 Å². The van der Waals surface area contributed by atoms with Crippen molar-refractivity contribution >= 4 is 17.3 Å². The molecule has 1 saturated heterocycles. The number of nitriles is 1. The van der Waals surface area contributed by atoms with Gasteiger partial charge in [0.05, 0.1) is 17.1 Å². The Bertz CT molecular complexity index is 715. The quantitative estimate of drug-likeness (QED) is 0.798. The number of halogens is 2. The molecule has 0 radical (unpaired) electrons. The molecule has 0 aliphatic carbocycles. The van der Waals surface area contributed by atoms with Crippen LogP contribution in [0.5, 0.6) is 0 Å². The summed E-state index contributed by atoms with van der Waals surface area (Å²) in [6.45, 7) is 0.894. The maximum atomic E-state index is 13.3. The minimum Gasteiger partial charge on any atom is -0.366 e. The molecular weight excluding hydrogens is 293 g/mol. The molecule has 5 nitrogen and oxygen atoms in total. The summed E-state index contributed by atoms with van der Waals surface area (Å²) in [7, 11) is 0. The van der Waals surface area contributed by atoms with Crippen molar-refractivity contribution in [2.75, 3.05) is 18.0 Å². The largest absolute Gasteiger partial charge is 0.366 e. The fourth-order valence-corrected chi connectivity index (χ4v) is 2.49. The molecule has 2 aromatic heterocycles. The molecule has 3 heterocycles. The van der Waals surface area contributed by atoms with Crippen molar-refractivity contribution in [2.24, 2.45) is 0 Å². The van der Waals surface area contributed by atoms with Crippen LogP contribution in [0.15, 0.2) is 24.4 Å². The van der Waals surface area contributed by atoms with E-state index in [1.54, 1.807) is 18.2 Å². The third-order valence-corrected chi connectivity index (χ3v) is 3.52. The third kappa shape index (κ3) is 2.78. The Hall–Kier alpha value is -2.26. The lowest BCUT2D eigenvalue weighted by Crippen LogP contribution is -2.21. The Morgan fingerprint density at radius 1 is 1.29 bits per heavy atom. The number of alkyl halides is 1. The summed E-state index contributed by atoms with van der Waals surface area (Å²) in [4.78, 5) is 14.0. The van der Waals surface area contributed by atoms with E-state index in [0.29, 0.717) is 36.6 Å². The van der Waals surface area contributed by atoms with E-state index in [2.05, 4.69) is 21.0 Å². The van der Waals surface area contributed by atoms with Crippen LogP contribution < -0.4 is 4.90 Å². The number of hydrogen-bond donors (Lipinski definition) is 0. The van der Waals surface area contributed by atoms with Gasteiger partial charge in [0, 0.05) is 19.3 Å². The molecule has 7 heteroatoms. The van der Waals surface area contributed by atoms with Crippen LogP contribution in [0.3, 0.4) is 0 Å². The summed E-state index contributed by atoms with van der Waals surface area (Å²) in [6, 6.07) is 7.25. The van der Waals surface area contributed by atoms with Crippen LogP contribution in [0.1, 0.15) is 12.1 Å². The SMILES string of the molecule is N#Cc1nc(-c2ccnc(Cl)n2)ccc1N1CCC(F)C1. The first-order valence-corrected chi connectivity index (χ1v) is 6.84. The zero-order valence-corrected chi connectivity index (χ0v) is 11.8. The van der Waals surface area contributed by atoms with Crippen molar-refractivity contribution in [3.63, 3.8) is 0 Å². The molecule has 0 amide bonds. The van der Waals surface area contributed by atoms with Gasteiger partial charge in [-0.25, -0.2) is 19.3 Å². The Labute approximate surface area is 126 Å². The Kier molecular flexibility index (Phi) is 3.67. The molecule has 1 fully saturated rings. The topological polar surface area (TPSA) is 65.7 Å². The van der Waals surface area contributed by atoms with Crippen molar-refractivity contribution in [1.29, 1.82) is 5.26 Å². The number of anilines is 1. The van der Waals surface area contributed by atoms with E-state index in [0.717, 1.165) is 0 Å². The summed E-state index contributed by atoms with van der Waals surface area (Å²) >= 11 is 5.75. The lowest BCUT2D eigenvalue weighted by atomic mass is 10.2. The van der Waals surface area contributed by atoms with Gasteiger partial charge in [-0.05, 0) is 36.2 Å². The van der Waals surface area contributed by atoms with Crippen molar-refractivity contribution in [3.8, 4) is 17.5 Å². The van der Waals surface area contributed by atoms with E-state index in [1.165, 1.54) is 6.20 Å². The second-order valence-electron chi connectivity index (χ2n) is 4.72. The second kappa shape index (κ2) is 5.62. The van der Waals surface area contributed by atoms with Crippen molar-refractivity contribution in [1.82, 2.24) is 15.0 Å². The molecule has 0 bridgehead atoms.